The average molecular weight is 216 g/mol. The predicted molar refractivity (Wildman–Crippen MR) is 61.6 cm³/mol. The van der Waals surface area contributed by atoms with Gasteiger partial charge in [-0.25, -0.2) is 0 Å². The number of hydrogen-bond acceptors (Lipinski definition) is 3. The second-order valence-electron chi connectivity index (χ2n) is 3.76. The van der Waals surface area contributed by atoms with Crippen molar-refractivity contribution in [2.75, 3.05) is 25.9 Å². The summed E-state index contributed by atoms with van der Waals surface area (Å²) < 4.78 is 0. The van der Waals surface area contributed by atoms with Crippen molar-refractivity contribution in [3.8, 4) is 0 Å². The van der Waals surface area contributed by atoms with Crippen molar-refractivity contribution in [3.05, 3.63) is 0 Å². The van der Waals surface area contributed by atoms with E-state index in [4.69, 9.17) is 0 Å². The van der Waals surface area contributed by atoms with Gasteiger partial charge in [0.25, 0.3) is 0 Å². The van der Waals surface area contributed by atoms with E-state index in [1.165, 1.54) is 12.2 Å². The highest BCUT2D eigenvalue weighted by Gasteiger charge is 2.24. The summed E-state index contributed by atoms with van der Waals surface area (Å²) in [4.78, 5) is 13.2. The van der Waals surface area contributed by atoms with Gasteiger partial charge in [-0.2, -0.15) is 11.8 Å². The van der Waals surface area contributed by atoms with Crippen LogP contribution in [-0.2, 0) is 4.79 Å². The standard InChI is InChI=1S/C10H20N2OS/c1-4-12(3)10(13)7-11-9-5-6-14-8(9)2/h8-9,11H,4-7H2,1-3H3. The van der Waals surface area contributed by atoms with Crippen molar-refractivity contribution >= 4 is 17.7 Å². The zero-order chi connectivity index (χ0) is 10.6. The molecule has 0 saturated carbocycles. The third-order valence-corrected chi connectivity index (χ3v) is 4.12. The van der Waals surface area contributed by atoms with Gasteiger partial charge in [-0.15, -0.1) is 0 Å². The molecule has 1 aliphatic rings. The van der Waals surface area contributed by atoms with Crippen molar-refractivity contribution in [3.63, 3.8) is 0 Å². The molecule has 1 fully saturated rings. The summed E-state index contributed by atoms with van der Waals surface area (Å²) in [6, 6.07) is 0.522. The summed E-state index contributed by atoms with van der Waals surface area (Å²) in [7, 11) is 1.84. The number of nitrogens with one attached hydrogen (secondary N) is 1. The van der Waals surface area contributed by atoms with Gasteiger partial charge in [0.1, 0.15) is 0 Å². The van der Waals surface area contributed by atoms with Gasteiger partial charge in [0.15, 0.2) is 0 Å². The summed E-state index contributed by atoms with van der Waals surface area (Å²) in [5.74, 6) is 1.41. The zero-order valence-electron chi connectivity index (χ0n) is 9.25. The van der Waals surface area contributed by atoms with Crippen molar-refractivity contribution in [2.24, 2.45) is 0 Å². The van der Waals surface area contributed by atoms with Gasteiger partial charge in [-0.3, -0.25) is 4.79 Å². The fourth-order valence-corrected chi connectivity index (χ4v) is 2.76. The molecule has 2 unspecified atom stereocenters. The van der Waals surface area contributed by atoms with Crippen LogP contribution >= 0.6 is 11.8 Å². The quantitative estimate of drug-likeness (QED) is 0.759. The maximum absolute atomic E-state index is 11.5. The lowest BCUT2D eigenvalue weighted by Gasteiger charge is -2.19. The first-order chi connectivity index (χ1) is 6.65. The zero-order valence-corrected chi connectivity index (χ0v) is 10.1. The molecule has 0 spiro atoms. The molecule has 1 heterocycles. The summed E-state index contributed by atoms with van der Waals surface area (Å²) in [6.45, 7) is 5.49. The molecule has 0 aliphatic carbocycles. The van der Waals surface area contributed by atoms with E-state index in [-0.39, 0.29) is 5.91 Å². The molecule has 1 saturated heterocycles. The van der Waals surface area contributed by atoms with Crippen LogP contribution in [0.15, 0.2) is 0 Å². The fraction of sp³-hybridized carbons (Fsp3) is 0.900. The largest absolute Gasteiger partial charge is 0.345 e. The maximum atomic E-state index is 11.5. The van der Waals surface area contributed by atoms with Crippen LogP contribution < -0.4 is 5.32 Å². The number of amides is 1. The SMILES string of the molecule is CCN(C)C(=O)CNC1CCSC1C. The van der Waals surface area contributed by atoms with E-state index in [1.54, 1.807) is 4.90 Å². The minimum atomic E-state index is 0.191. The Hall–Kier alpha value is -0.220. The molecule has 3 nitrogen and oxygen atoms in total. The smallest absolute Gasteiger partial charge is 0.236 e. The van der Waals surface area contributed by atoms with Gasteiger partial charge in [-0.05, 0) is 19.1 Å². The highest BCUT2D eigenvalue weighted by Crippen LogP contribution is 2.25. The highest BCUT2D eigenvalue weighted by molar-refractivity contribution is 8.00. The second kappa shape index (κ2) is 5.61. The second-order valence-corrected chi connectivity index (χ2v) is 5.25. The van der Waals surface area contributed by atoms with Gasteiger partial charge in [0.2, 0.25) is 5.91 Å². The third kappa shape index (κ3) is 3.17. The molecule has 1 aliphatic heterocycles. The number of nitrogens with zero attached hydrogens (tertiary/aromatic N) is 1. The van der Waals surface area contributed by atoms with E-state index in [0.29, 0.717) is 17.8 Å². The van der Waals surface area contributed by atoms with E-state index < -0.39 is 0 Å². The Kier molecular flexibility index (Phi) is 4.75. The van der Waals surface area contributed by atoms with Crippen LogP contribution in [-0.4, -0.2) is 48.0 Å². The van der Waals surface area contributed by atoms with E-state index in [0.717, 1.165) is 6.54 Å². The Balaban J connectivity index is 2.22. The minimum Gasteiger partial charge on any atom is -0.345 e. The Morgan fingerprint density at radius 1 is 1.64 bits per heavy atom. The first kappa shape index (κ1) is 11.9. The molecular formula is C10H20N2OS. The maximum Gasteiger partial charge on any atom is 0.236 e. The van der Waals surface area contributed by atoms with Crippen LogP contribution in [0.3, 0.4) is 0 Å². The van der Waals surface area contributed by atoms with Gasteiger partial charge in [-0.1, -0.05) is 6.92 Å². The van der Waals surface area contributed by atoms with E-state index in [9.17, 15) is 4.79 Å². The predicted octanol–water partition coefficient (Wildman–Crippen LogP) is 0.948. The number of likely N-dealkylation sites (N-methyl/N-ethyl adjacent to an activating group) is 1. The minimum absolute atomic E-state index is 0.191. The first-order valence-corrected chi connectivity index (χ1v) is 6.29. The molecule has 1 rings (SSSR count). The third-order valence-electron chi connectivity index (χ3n) is 2.79. The average Bonchev–Trinajstić information content (AvgIpc) is 2.59. The Morgan fingerprint density at radius 2 is 2.36 bits per heavy atom. The molecule has 4 heteroatoms. The number of hydrogen-bond donors (Lipinski definition) is 1. The van der Waals surface area contributed by atoms with Crippen molar-refractivity contribution in [2.45, 2.75) is 31.6 Å². The van der Waals surface area contributed by atoms with E-state index in [1.807, 2.05) is 25.7 Å². The van der Waals surface area contributed by atoms with Crippen molar-refractivity contribution in [1.82, 2.24) is 10.2 Å². The van der Waals surface area contributed by atoms with Crippen LogP contribution in [0.4, 0.5) is 0 Å². The molecule has 0 aromatic carbocycles. The van der Waals surface area contributed by atoms with Gasteiger partial charge < -0.3 is 10.2 Å². The number of rotatable bonds is 4. The highest BCUT2D eigenvalue weighted by atomic mass is 32.2. The summed E-state index contributed by atoms with van der Waals surface area (Å²) >= 11 is 1.98. The lowest BCUT2D eigenvalue weighted by Crippen LogP contribution is -2.41. The van der Waals surface area contributed by atoms with Gasteiger partial charge in [0, 0.05) is 24.9 Å². The fourth-order valence-electron chi connectivity index (χ4n) is 1.53. The first-order valence-electron chi connectivity index (χ1n) is 5.24. The molecule has 0 aromatic rings. The number of carbonyl (C=O) groups excluding carboxylic acids is 1. The van der Waals surface area contributed by atoms with Crippen molar-refractivity contribution in [1.29, 1.82) is 0 Å². The summed E-state index contributed by atoms with van der Waals surface area (Å²) in [5.41, 5.74) is 0. The van der Waals surface area contributed by atoms with Crippen LogP contribution in [0, 0.1) is 0 Å². The topological polar surface area (TPSA) is 32.3 Å². The summed E-state index contributed by atoms with van der Waals surface area (Å²) in [5, 5.41) is 3.98. The molecule has 82 valence electrons. The van der Waals surface area contributed by atoms with Crippen LogP contribution in [0.2, 0.25) is 0 Å². The van der Waals surface area contributed by atoms with Crippen LogP contribution in [0.25, 0.3) is 0 Å². The Labute approximate surface area is 90.6 Å². The molecule has 2 atom stereocenters. The molecule has 0 radical (unpaired) electrons. The normalized spacial score (nSPS) is 26.5. The molecule has 1 amide bonds. The van der Waals surface area contributed by atoms with E-state index in [2.05, 4.69) is 12.2 Å². The molecule has 1 N–H and O–H groups in total. The van der Waals surface area contributed by atoms with Crippen LogP contribution in [0.5, 0.6) is 0 Å². The lowest BCUT2D eigenvalue weighted by atomic mass is 10.2. The van der Waals surface area contributed by atoms with Crippen LogP contribution in [0.1, 0.15) is 20.3 Å². The van der Waals surface area contributed by atoms with Crippen molar-refractivity contribution < 1.29 is 4.79 Å². The van der Waals surface area contributed by atoms with E-state index >= 15 is 0 Å². The summed E-state index contributed by atoms with van der Waals surface area (Å²) in [6.07, 6.45) is 1.19. The molecule has 0 aromatic heterocycles. The molecule has 0 bridgehead atoms. The Bertz CT molecular complexity index is 199. The van der Waals surface area contributed by atoms with Gasteiger partial charge >= 0.3 is 0 Å². The number of thioether (sulfide) groups is 1. The molecular weight excluding hydrogens is 196 g/mol. The number of carbonyl (C=O) groups is 1. The monoisotopic (exact) mass is 216 g/mol. The van der Waals surface area contributed by atoms with Gasteiger partial charge in [0.05, 0.1) is 6.54 Å². The molecule has 14 heavy (non-hydrogen) atoms. The Morgan fingerprint density at radius 3 is 2.86 bits per heavy atom. The lowest BCUT2D eigenvalue weighted by molar-refractivity contribution is -0.128.